The molecule has 8 N–H and O–H groups in total. The third kappa shape index (κ3) is 4.64. The van der Waals surface area contributed by atoms with Gasteiger partial charge in [-0.3, -0.25) is 19.7 Å². The van der Waals surface area contributed by atoms with Crippen molar-refractivity contribution in [2.45, 2.75) is 36.4 Å². The second kappa shape index (κ2) is 9.76. The quantitative estimate of drug-likeness (QED) is 0.127. The molecule has 3 amide bonds. The van der Waals surface area contributed by atoms with Crippen molar-refractivity contribution in [3.05, 3.63) is 64.5 Å². The number of rotatable bonds is 6. The summed E-state index contributed by atoms with van der Waals surface area (Å²) >= 11 is 0. The Hall–Kier alpha value is -3.58. The SMILES string of the molecule is O=C1CCC(O)(N2C(=O)c3cccc(OC(O)(O)c4ccc(C(O)(O)N5CCOCC5)cc4F)c3C2(O)O)C(=O)N1. The van der Waals surface area contributed by atoms with Crippen molar-refractivity contribution in [3.8, 4) is 5.75 Å². The van der Waals surface area contributed by atoms with E-state index in [1.165, 1.54) is 4.90 Å². The van der Waals surface area contributed by atoms with Crippen LogP contribution < -0.4 is 10.1 Å². The van der Waals surface area contributed by atoms with E-state index >= 15 is 4.39 Å². The van der Waals surface area contributed by atoms with Crippen molar-refractivity contribution in [2.24, 2.45) is 0 Å². The van der Waals surface area contributed by atoms with Crippen molar-refractivity contribution in [1.29, 1.82) is 0 Å². The third-order valence-corrected chi connectivity index (χ3v) is 7.21. The third-order valence-electron chi connectivity index (χ3n) is 7.21. The van der Waals surface area contributed by atoms with Crippen molar-refractivity contribution < 1.29 is 64.0 Å². The number of hydrogen-bond acceptors (Lipinski definition) is 13. The average molecular weight is 579 g/mol. The average Bonchev–Trinajstić information content (AvgIpc) is 3.12. The molecule has 16 heteroatoms. The minimum atomic E-state index is -3.53. The van der Waals surface area contributed by atoms with E-state index in [0.717, 1.165) is 30.3 Å². The molecule has 2 fully saturated rings. The van der Waals surface area contributed by atoms with Crippen LogP contribution in [-0.4, -0.2) is 95.3 Å². The Morgan fingerprint density at radius 3 is 2.32 bits per heavy atom. The highest BCUT2D eigenvalue weighted by Gasteiger charge is 2.62. The topological polar surface area (TPSA) is 230 Å². The summed E-state index contributed by atoms with van der Waals surface area (Å²) in [5.74, 6) is -15.2. The number of halogens is 1. The van der Waals surface area contributed by atoms with Crippen molar-refractivity contribution in [2.75, 3.05) is 26.3 Å². The molecule has 41 heavy (non-hydrogen) atoms. The van der Waals surface area contributed by atoms with Gasteiger partial charge in [0, 0.05) is 31.5 Å². The van der Waals surface area contributed by atoms with Crippen LogP contribution in [0.4, 0.5) is 4.39 Å². The number of ether oxygens (including phenoxy) is 2. The molecule has 2 saturated heterocycles. The molecule has 3 heterocycles. The number of amides is 3. The van der Waals surface area contributed by atoms with Gasteiger partial charge >= 0.3 is 5.97 Å². The largest absolute Gasteiger partial charge is 0.435 e. The number of fused-ring (bicyclic) bond motifs is 1. The summed E-state index contributed by atoms with van der Waals surface area (Å²) in [7, 11) is 0. The molecule has 15 nitrogen and oxygen atoms in total. The minimum Gasteiger partial charge on any atom is -0.435 e. The first-order valence-electron chi connectivity index (χ1n) is 12.3. The summed E-state index contributed by atoms with van der Waals surface area (Å²) in [6.45, 7) is 0.643. The van der Waals surface area contributed by atoms with Gasteiger partial charge < -0.3 is 45.2 Å². The lowest BCUT2D eigenvalue weighted by molar-refractivity contribution is -0.316. The highest BCUT2D eigenvalue weighted by atomic mass is 19.1. The van der Waals surface area contributed by atoms with Crippen LogP contribution >= 0.6 is 0 Å². The first-order chi connectivity index (χ1) is 19.1. The fourth-order valence-electron chi connectivity index (χ4n) is 5.10. The van der Waals surface area contributed by atoms with E-state index in [1.807, 2.05) is 0 Å². The molecule has 3 aliphatic rings. The highest BCUT2D eigenvalue weighted by molar-refractivity contribution is 6.07. The number of aliphatic hydroxyl groups is 7. The van der Waals surface area contributed by atoms with E-state index in [0.29, 0.717) is 6.07 Å². The van der Waals surface area contributed by atoms with Crippen molar-refractivity contribution in [1.82, 2.24) is 15.1 Å². The number of morpholine rings is 1. The molecular formula is C25H26FN3O12. The van der Waals surface area contributed by atoms with E-state index in [4.69, 9.17) is 9.47 Å². The lowest BCUT2D eigenvalue weighted by Gasteiger charge is -2.42. The molecular weight excluding hydrogens is 553 g/mol. The second-order valence-electron chi connectivity index (χ2n) is 9.79. The molecule has 1 unspecified atom stereocenters. The number of carbonyl (C=O) groups is 3. The van der Waals surface area contributed by atoms with Gasteiger partial charge in [0.25, 0.3) is 23.6 Å². The normalized spacial score (nSPS) is 23.4. The zero-order chi connectivity index (χ0) is 30.0. The number of nitrogens with one attached hydrogen (secondary N) is 1. The Bertz CT molecular complexity index is 1420. The lowest BCUT2D eigenvalue weighted by Crippen LogP contribution is -2.67. The molecule has 5 rings (SSSR count). The van der Waals surface area contributed by atoms with Gasteiger partial charge in [-0.15, -0.1) is 0 Å². The maximum absolute atomic E-state index is 15.1. The monoisotopic (exact) mass is 579 g/mol. The predicted molar refractivity (Wildman–Crippen MR) is 128 cm³/mol. The Balaban J connectivity index is 1.47. The summed E-state index contributed by atoms with van der Waals surface area (Å²) < 4.78 is 25.4. The van der Waals surface area contributed by atoms with Gasteiger partial charge in [0.1, 0.15) is 11.6 Å². The zero-order valence-corrected chi connectivity index (χ0v) is 21.2. The molecule has 3 aliphatic heterocycles. The molecule has 0 spiro atoms. The van der Waals surface area contributed by atoms with E-state index in [2.05, 4.69) is 0 Å². The van der Waals surface area contributed by atoms with Gasteiger partial charge in [-0.2, -0.15) is 0 Å². The van der Waals surface area contributed by atoms with Crippen LogP contribution in [0.15, 0.2) is 36.4 Å². The number of benzene rings is 2. The van der Waals surface area contributed by atoms with Crippen LogP contribution in [0.3, 0.4) is 0 Å². The summed E-state index contributed by atoms with van der Waals surface area (Å²) in [6, 6.07) is 5.62. The number of nitrogens with zero attached hydrogens (tertiary/aromatic N) is 2. The van der Waals surface area contributed by atoms with Crippen LogP contribution in [-0.2, 0) is 32.1 Å². The van der Waals surface area contributed by atoms with Gasteiger partial charge in [0.05, 0.1) is 29.9 Å². The van der Waals surface area contributed by atoms with Crippen LogP contribution in [0.2, 0.25) is 0 Å². The first-order valence-corrected chi connectivity index (χ1v) is 12.3. The van der Waals surface area contributed by atoms with Crippen molar-refractivity contribution in [3.63, 3.8) is 0 Å². The minimum absolute atomic E-state index is 0.0127. The molecule has 0 aliphatic carbocycles. The maximum atomic E-state index is 15.1. The van der Waals surface area contributed by atoms with E-state index in [1.54, 1.807) is 5.32 Å². The molecule has 0 saturated carbocycles. The molecule has 1 atom stereocenters. The molecule has 0 bridgehead atoms. The van der Waals surface area contributed by atoms with E-state index in [9.17, 15) is 50.1 Å². The lowest BCUT2D eigenvalue weighted by atomic mass is 9.99. The van der Waals surface area contributed by atoms with Gasteiger partial charge in [-0.25, -0.2) is 14.2 Å². The highest BCUT2D eigenvalue weighted by Crippen LogP contribution is 2.46. The summed E-state index contributed by atoms with van der Waals surface area (Å²) in [6.07, 6.45) is -1.12. The van der Waals surface area contributed by atoms with Gasteiger partial charge in [-0.05, 0) is 24.3 Å². The van der Waals surface area contributed by atoms with Crippen LogP contribution in [0, 0.1) is 5.82 Å². The smallest absolute Gasteiger partial charge is 0.354 e. The first kappa shape index (κ1) is 28.9. The fraction of sp³-hybridized carbons (Fsp3) is 0.400. The summed E-state index contributed by atoms with van der Waals surface area (Å²) in [4.78, 5) is 38.3. The van der Waals surface area contributed by atoms with Gasteiger partial charge in [0.2, 0.25) is 11.6 Å². The number of imide groups is 1. The van der Waals surface area contributed by atoms with Crippen molar-refractivity contribution >= 4 is 17.7 Å². The van der Waals surface area contributed by atoms with Crippen LogP contribution in [0.25, 0.3) is 0 Å². The van der Waals surface area contributed by atoms with Gasteiger partial charge in [-0.1, -0.05) is 12.1 Å². The zero-order valence-electron chi connectivity index (χ0n) is 21.2. The molecule has 0 aromatic heterocycles. The van der Waals surface area contributed by atoms with Crippen LogP contribution in [0.5, 0.6) is 5.75 Å². The molecule has 2 aromatic carbocycles. The van der Waals surface area contributed by atoms with E-state index in [-0.39, 0.29) is 36.8 Å². The number of carbonyl (C=O) groups excluding carboxylic acids is 3. The Labute approximate surface area is 230 Å². The fourth-order valence-corrected chi connectivity index (χ4v) is 5.10. The predicted octanol–water partition coefficient (Wildman–Crippen LogP) is -2.90. The summed E-state index contributed by atoms with van der Waals surface area (Å²) in [5.41, 5.74) is -5.49. The molecule has 0 radical (unpaired) electrons. The molecule has 2 aromatic rings. The summed E-state index contributed by atoms with van der Waals surface area (Å²) in [5, 5.41) is 77.3. The second-order valence-corrected chi connectivity index (χ2v) is 9.79. The Morgan fingerprint density at radius 1 is 1.00 bits per heavy atom. The molecule has 220 valence electrons. The Morgan fingerprint density at radius 2 is 1.68 bits per heavy atom. The standard InChI is InChI=1S/C25H26FN3O12/c26-16-12-13(23(34,35)28-8-10-40-11-9-28)4-5-15(16)25(38,39)41-17-3-1-2-14-19(17)24(36,37)29(20(14)31)22(33)7-6-18(30)27-21(22)32/h1-5,12,33-39H,6-11H2,(H,27,30,32). The maximum Gasteiger partial charge on any atom is 0.354 e. The van der Waals surface area contributed by atoms with Crippen LogP contribution in [0.1, 0.15) is 39.9 Å². The Kier molecular flexibility index (Phi) is 6.89. The number of piperidine rings is 1. The van der Waals surface area contributed by atoms with E-state index < -0.39 is 82.3 Å². The number of hydrogen-bond donors (Lipinski definition) is 8. The van der Waals surface area contributed by atoms with Gasteiger partial charge in [0.15, 0.2) is 0 Å².